The molecule has 0 radical (unpaired) electrons. The van der Waals surface area contributed by atoms with Crippen LogP contribution in [0.3, 0.4) is 0 Å². The van der Waals surface area contributed by atoms with Crippen LogP contribution >= 0.6 is 0 Å². The molecule has 0 saturated heterocycles. The quantitative estimate of drug-likeness (QED) is 0.944. The monoisotopic (exact) mass is 311 g/mol. The second-order valence-corrected chi connectivity index (χ2v) is 6.58. The van der Waals surface area contributed by atoms with Crippen molar-refractivity contribution < 1.29 is 0 Å². The van der Waals surface area contributed by atoms with Gasteiger partial charge in [-0.1, -0.05) is 30.7 Å². The Balaban J connectivity index is 1.80. The van der Waals surface area contributed by atoms with Crippen molar-refractivity contribution in [2.75, 3.05) is 6.54 Å². The Hall–Kier alpha value is -1.94. The highest BCUT2D eigenvalue weighted by Crippen LogP contribution is 2.19. The minimum absolute atomic E-state index is 0.0598. The van der Waals surface area contributed by atoms with Gasteiger partial charge in [0, 0.05) is 31.6 Å². The van der Waals surface area contributed by atoms with E-state index in [-0.39, 0.29) is 5.56 Å². The lowest BCUT2D eigenvalue weighted by Crippen LogP contribution is -2.35. The third-order valence-corrected chi connectivity index (χ3v) is 4.58. The van der Waals surface area contributed by atoms with Gasteiger partial charge in [0.25, 0.3) is 5.56 Å². The van der Waals surface area contributed by atoms with E-state index in [1.54, 1.807) is 0 Å². The number of aromatic nitrogens is 2. The maximum Gasteiger partial charge on any atom is 0.254 e. The summed E-state index contributed by atoms with van der Waals surface area (Å²) in [5, 5.41) is 0. The lowest BCUT2D eigenvalue weighted by atomic mass is 10.0. The fourth-order valence-corrected chi connectivity index (χ4v) is 3.30. The van der Waals surface area contributed by atoms with Crippen LogP contribution in [0.4, 0.5) is 0 Å². The van der Waals surface area contributed by atoms with Crippen LogP contribution in [0.25, 0.3) is 0 Å². The van der Waals surface area contributed by atoms with Crippen molar-refractivity contribution in [3.63, 3.8) is 0 Å². The van der Waals surface area contributed by atoms with Crippen molar-refractivity contribution >= 4 is 0 Å². The standard InChI is InChI=1S/C19H25N3O/c1-4-5-18-20-17-12-22(9-8-16(17)19(23)21-18)11-15-7-6-13(2)10-14(15)3/h6-7,10H,4-5,8-9,11-12H2,1-3H3,(H,20,21,23). The van der Waals surface area contributed by atoms with Crippen LogP contribution < -0.4 is 5.56 Å². The van der Waals surface area contributed by atoms with Gasteiger partial charge in [-0.15, -0.1) is 0 Å². The highest BCUT2D eigenvalue weighted by Gasteiger charge is 2.21. The van der Waals surface area contributed by atoms with Crippen molar-refractivity contribution in [1.29, 1.82) is 0 Å². The average Bonchev–Trinajstić information content (AvgIpc) is 2.50. The summed E-state index contributed by atoms with van der Waals surface area (Å²) in [6.07, 6.45) is 2.61. The highest BCUT2D eigenvalue weighted by molar-refractivity contribution is 5.30. The summed E-state index contributed by atoms with van der Waals surface area (Å²) in [5.41, 5.74) is 5.89. The summed E-state index contributed by atoms with van der Waals surface area (Å²) in [5.74, 6) is 0.824. The molecule has 23 heavy (non-hydrogen) atoms. The zero-order chi connectivity index (χ0) is 16.4. The number of nitrogens with one attached hydrogen (secondary N) is 1. The zero-order valence-electron chi connectivity index (χ0n) is 14.3. The zero-order valence-corrected chi connectivity index (χ0v) is 14.3. The van der Waals surface area contributed by atoms with E-state index in [4.69, 9.17) is 4.98 Å². The van der Waals surface area contributed by atoms with Gasteiger partial charge in [-0.25, -0.2) is 4.98 Å². The second kappa shape index (κ2) is 6.67. The number of hydrogen-bond acceptors (Lipinski definition) is 3. The lowest BCUT2D eigenvalue weighted by molar-refractivity contribution is 0.239. The van der Waals surface area contributed by atoms with Crippen molar-refractivity contribution in [2.45, 2.75) is 53.1 Å². The van der Waals surface area contributed by atoms with E-state index in [1.807, 2.05) is 0 Å². The Morgan fingerprint density at radius 1 is 1.30 bits per heavy atom. The van der Waals surface area contributed by atoms with Gasteiger partial charge in [0.05, 0.1) is 5.69 Å². The van der Waals surface area contributed by atoms with E-state index in [2.05, 4.69) is 48.9 Å². The van der Waals surface area contributed by atoms with E-state index in [0.29, 0.717) is 0 Å². The highest BCUT2D eigenvalue weighted by atomic mass is 16.1. The van der Waals surface area contributed by atoms with Crippen LogP contribution in [0.1, 0.15) is 47.1 Å². The van der Waals surface area contributed by atoms with E-state index < -0.39 is 0 Å². The normalized spacial score (nSPS) is 14.7. The van der Waals surface area contributed by atoms with E-state index >= 15 is 0 Å². The van der Waals surface area contributed by atoms with Crippen LogP contribution in [0.2, 0.25) is 0 Å². The summed E-state index contributed by atoms with van der Waals surface area (Å²) in [4.78, 5) is 22.2. The Bertz CT molecular complexity index is 764. The van der Waals surface area contributed by atoms with E-state index in [9.17, 15) is 4.79 Å². The van der Waals surface area contributed by atoms with Crippen LogP contribution in [0.5, 0.6) is 0 Å². The number of nitrogens with zero attached hydrogens (tertiary/aromatic N) is 2. The predicted octanol–water partition coefficient (Wildman–Crippen LogP) is 2.90. The number of hydrogen-bond donors (Lipinski definition) is 1. The van der Waals surface area contributed by atoms with Crippen molar-refractivity contribution in [3.8, 4) is 0 Å². The SMILES string of the molecule is CCCc1nc2c(c(=O)[nH]1)CCN(Cc1ccc(C)cc1C)C2. The molecule has 0 fully saturated rings. The van der Waals surface area contributed by atoms with Gasteiger partial charge in [0.15, 0.2) is 0 Å². The Labute approximate surface area is 137 Å². The first-order valence-corrected chi connectivity index (χ1v) is 8.46. The number of aromatic amines is 1. The maximum absolute atomic E-state index is 12.2. The van der Waals surface area contributed by atoms with Gasteiger partial charge in [-0.05, 0) is 37.8 Å². The largest absolute Gasteiger partial charge is 0.310 e. The molecule has 0 unspecified atom stereocenters. The molecule has 1 aliphatic rings. The second-order valence-electron chi connectivity index (χ2n) is 6.58. The Morgan fingerprint density at radius 3 is 2.87 bits per heavy atom. The van der Waals surface area contributed by atoms with Crippen LogP contribution in [-0.2, 0) is 25.9 Å². The molecule has 0 bridgehead atoms. The fourth-order valence-electron chi connectivity index (χ4n) is 3.30. The molecular formula is C19H25N3O. The minimum atomic E-state index is 0.0598. The first kappa shape index (κ1) is 15.9. The van der Waals surface area contributed by atoms with E-state index in [0.717, 1.165) is 56.0 Å². The Morgan fingerprint density at radius 2 is 2.13 bits per heavy atom. The van der Waals surface area contributed by atoms with E-state index in [1.165, 1.54) is 16.7 Å². The summed E-state index contributed by atoms with van der Waals surface area (Å²) >= 11 is 0. The molecule has 0 atom stereocenters. The van der Waals surface area contributed by atoms with Crippen molar-refractivity contribution in [2.24, 2.45) is 0 Å². The molecule has 2 aromatic rings. The first-order chi connectivity index (χ1) is 11.1. The smallest absolute Gasteiger partial charge is 0.254 e. The van der Waals surface area contributed by atoms with Crippen molar-refractivity contribution in [3.05, 3.63) is 62.3 Å². The summed E-state index contributed by atoms with van der Waals surface area (Å²) in [6.45, 7) is 9.00. The molecule has 1 aliphatic heterocycles. The number of rotatable bonds is 4. The average molecular weight is 311 g/mol. The van der Waals surface area contributed by atoms with Gasteiger partial charge in [-0.2, -0.15) is 0 Å². The van der Waals surface area contributed by atoms with Crippen LogP contribution in [-0.4, -0.2) is 21.4 Å². The fraction of sp³-hybridized carbons (Fsp3) is 0.474. The molecule has 1 N–H and O–H groups in total. The van der Waals surface area contributed by atoms with Gasteiger partial charge in [0.1, 0.15) is 5.82 Å². The molecule has 4 heteroatoms. The van der Waals surface area contributed by atoms with Crippen LogP contribution in [0.15, 0.2) is 23.0 Å². The number of aryl methyl sites for hydroxylation is 3. The van der Waals surface area contributed by atoms with Crippen LogP contribution in [0, 0.1) is 13.8 Å². The predicted molar refractivity (Wildman–Crippen MR) is 92.6 cm³/mol. The van der Waals surface area contributed by atoms with Gasteiger partial charge < -0.3 is 4.98 Å². The molecule has 0 aliphatic carbocycles. The summed E-state index contributed by atoms with van der Waals surface area (Å²) < 4.78 is 0. The van der Waals surface area contributed by atoms with Gasteiger partial charge in [0.2, 0.25) is 0 Å². The third-order valence-electron chi connectivity index (χ3n) is 4.58. The molecule has 1 aromatic heterocycles. The third kappa shape index (κ3) is 3.53. The first-order valence-electron chi connectivity index (χ1n) is 8.46. The maximum atomic E-state index is 12.2. The number of fused-ring (bicyclic) bond motifs is 1. The van der Waals surface area contributed by atoms with Crippen molar-refractivity contribution in [1.82, 2.24) is 14.9 Å². The minimum Gasteiger partial charge on any atom is -0.310 e. The topological polar surface area (TPSA) is 49.0 Å². The van der Waals surface area contributed by atoms with Gasteiger partial charge in [-0.3, -0.25) is 9.69 Å². The lowest BCUT2D eigenvalue weighted by Gasteiger charge is -2.28. The molecule has 0 spiro atoms. The molecule has 2 heterocycles. The molecule has 3 rings (SSSR count). The molecule has 4 nitrogen and oxygen atoms in total. The molecule has 122 valence electrons. The molecule has 0 amide bonds. The summed E-state index contributed by atoms with van der Waals surface area (Å²) in [7, 11) is 0. The summed E-state index contributed by atoms with van der Waals surface area (Å²) in [6, 6.07) is 6.62. The Kier molecular flexibility index (Phi) is 4.62. The number of benzene rings is 1. The molecule has 1 aromatic carbocycles. The van der Waals surface area contributed by atoms with Gasteiger partial charge >= 0.3 is 0 Å². The number of H-pyrrole nitrogens is 1. The molecule has 0 saturated carbocycles. The molecular weight excluding hydrogens is 286 g/mol.